The van der Waals surface area contributed by atoms with Gasteiger partial charge in [0, 0.05) is 11.6 Å². The molecular formula is C17H26FNO2. The van der Waals surface area contributed by atoms with Crippen molar-refractivity contribution < 1.29 is 14.2 Å². The van der Waals surface area contributed by atoms with Crippen molar-refractivity contribution in [3.63, 3.8) is 0 Å². The quantitative estimate of drug-likeness (QED) is 0.816. The summed E-state index contributed by atoms with van der Waals surface area (Å²) in [6.07, 6.45) is 4.27. The molecule has 3 nitrogen and oxygen atoms in total. The Morgan fingerprint density at radius 1 is 1.33 bits per heavy atom. The summed E-state index contributed by atoms with van der Waals surface area (Å²) in [5, 5.41) is 13.5. The minimum Gasteiger partial charge on any atom is -0.487 e. The van der Waals surface area contributed by atoms with E-state index in [1.165, 1.54) is 12.1 Å². The van der Waals surface area contributed by atoms with Crippen molar-refractivity contribution in [1.82, 2.24) is 5.32 Å². The Morgan fingerprint density at radius 2 is 2.10 bits per heavy atom. The highest BCUT2D eigenvalue weighted by atomic mass is 19.1. The van der Waals surface area contributed by atoms with Crippen molar-refractivity contribution in [1.29, 1.82) is 0 Å². The Kier molecular flexibility index (Phi) is 6.00. The molecule has 0 amide bonds. The standard InChI is InChI=1S/C17H26FNO2/c1-3-19-12(2)14-11-13(18)9-10-16(14)21-17-8-6-4-5-7-15(17)20/h9-12,15,17,19-20H,3-8H2,1-2H3. The van der Waals surface area contributed by atoms with Gasteiger partial charge >= 0.3 is 0 Å². The highest BCUT2D eigenvalue weighted by molar-refractivity contribution is 5.36. The molecule has 1 fully saturated rings. The summed E-state index contributed by atoms with van der Waals surface area (Å²) in [7, 11) is 0. The Morgan fingerprint density at radius 3 is 2.86 bits per heavy atom. The molecule has 1 aromatic carbocycles. The molecule has 1 saturated carbocycles. The summed E-state index contributed by atoms with van der Waals surface area (Å²) in [6, 6.07) is 4.63. The van der Waals surface area contributed by atoms with E-state index in [-0.39, 0.29) is 18.0 Å². The van der Waals surface area contributed by atoms with Gasteiger partial charge in [-0.25, -0.2) is 4.39 Å². The summed E-state index contributed by atoms with van der Waals surface area (Å²) in [5.74, 6) is 0.416. The van der Waals surface area contributed by atoms with Gasteiger partial charge in [0.05, 0.1) is 6.10 Å². The zero-order valence-electron chi connectivity index (χ0n) is 12.9. The Labute approximate surface area is 126 Å². The van der Waals surface area contributed by atoms with Crippen LogP contribution in [0.25, 0.3) is 0 Å². The second-order valence-corrected chi connectivity index (χ2v) is 5.82. The van der Waals surface area contributed by atoms with E-state index < -0.39 is 6.10 Å². The van der Waals surface area contributed by atoms with E-state index in [1.807, 2.05) is 13.8 Å². The van der Waals surface area contributed by atoms with Crippen molar-refractivity contribution in [2.24, 2.45) is 0 Å². The van der Waals surface area contributed by atoms with Crippen LogP contribution in [0.1, 0.15) is 57.6 Å². The molecule has 21 heavy (non-hydrogen) atoms. The normalized spacial score (nSPS) is 24.4. The van der Waals surface area contributed by atoms with Gasteiger partial charge in [-0.2, -0.15) is 0 Å². The van der Waals surface area contributed by atoms with E-state index in [0.29, 0.717) is 5.75 Å². The lowest BCUT2D eigenvalue weighted by Crippen LogP contribution is -2.31. The predicted octanol–water partition coefficient (Wildman–Crippen LogP) is 3.57. The number of hydrogen-bond acceptors (Lipinski definition) is 3. The highest BCUT2D eigenvalue weighted by Gasteiger charge is 2.24. The molecule has 0 heterocycles. The SMILES string of the molecule is CCNC(C)c1cc(F)ccc1OC1CCCCCC1O. The zero-order chi connectivity index (χ0) is 15.2. The fourth-order valence-corrected chi connectivity index (χ4v) is 2.94. The monoisotopic (exact) mass is 295 g/mol. The Hall–Kier alpha value is -1.13. The van der Waals surface area contributed by atoms with Crippen LogP contribution >= 0.6 is 0 Å². The molecule has 0 aliphatic heterocycles. The van der Waals surface area contributed by atoms with E-state index in [4.69, 9.17) is 4.74 Å². The van der Waals surface area contributed by atoms with Crippen LogP contribution in [0, 0.1) is 5.82 Å². The summed E-state index contributed by atoms with van der Waals surface area (Å²) < 4.78 is 19.6. The maximum absolute atomic E-state index is 13.5. The van der Waals surface area contributed by atoms with Gasteiger partial charge in [-0.15, -0.1) is 0 Å². The largest absolute Gasteiger partial charge is 0.487 e. The van der Waals surface area contributed by atoms with Gasteiger partial charge in [-0.1, -0.05) is 19.8 Å². The molecule has 4 heteroatoms. The van der Waals surface area contributed by atoms with Gasteiger partial charge in [0.15, 0.2) is 0 Å². The average Bonchev–Trinajstić information content (AvgIpc) is 2.66. The van der Waals surface area contributed by atoms with Gasteiger partial charge in [0.25, 0.3) is 0 Å². The number of hydrogen-bond donors (Lipinski definition) is 2. The van der Waals surface area contributed by atoms with Gasteiger partial charge in [-0.05, 0) is 50.9 Å². The number of halogens is 1. The summed E-state index contributed by atoms with van der Waals surface area (Å²) in [4.78, 5) is 0. The first-order chi connectivity index (χ1) is 10.1. The number of aliphatic hydroxyl groups excluding tert-OH is 1. The number of nitrogens with one attached hydrogen (secondary N) is 1. The van der Waals surface area contributed by atoms with Crippen molar-refractivity contribution in [2.45, 2.75) is 64.2 Å². The lowest BCUT2D eigenvalue weighted by molar-refractivity contribution is 0.0311. The van der Waals surface area contributed by atoms with Crippen molar-refractivity contribution in [2.75, 3.05) is 6.54 Å². The van der Waals surface area contributed by atoms with Crippen LogP contribution in [0.5, 0.6) is 5.75 Å². The third-order valence-corrected chi connectivity index (χ3v) is 4.14. The highest BCUT2D eigenvalue weighted by Crippen LogP contribution is 2.30. The first kappa shape index (κ1) is 16.2. The first-order valence-electron chi connectivity index (χ1n) is 7.99. The van der Waals surface area contributed by atoms with Crippen LogP contribution in [-0.2, 0) is 0 Å². The molecule has 0 saturated heterocycles. The molecule has 3 unspecified atom stereocenters. The topological polar surface area (TPSA) is 41.5 Å². The van der Waals surface area contributed by atoms with Crippen LogP contribution in [-0.4, -0.2) is 23.9 Å². The fourth-order valence-electron chi connectivity index (χ4n) is 2.94. The van der Waals surface area contributed by atoms with E-state index in [2.05, 4.69) is 5.32 Å². The molecule has 1 aromatic rings. The van der Waals surface area contributed by atoms with Gasteiger partial charge in [-0.3, -0.25) is 0 Å². The van der Waals surface area contributed by atoms with Crippen LogP contribution < -0.4 is 10.1 Å². The van der Waals surface area contributed by atoms with E-state index in [0.717, 1.165) is 44.2 Å². The van der Waals surface area contributed by atoms with Crippen LogP contribution in [0.3, 0.4) is 0 Å². The summed E-state index contributed by atoms with van der Waals surface area (Å²) in [5.41, 5.74) is 0.813. The van der Waals surface area contributed by atoms with Crippen LogP contribution in [0.2, 0.25) is 0 Å². The number of aliphatic hydroxyl groups is 1. The maximum atomic E-state index is 13.5. The zero-order valence-corrected chi connectivity index (χ0v) is 12.9. The predicted molar refractivity (Wildman–Crippen MR) is 82.0 cm³/mol. The van der Waals surface area contributed by atoms with E-state index >= 15 is 0 Å². The minimum absolute atomic E-state index is 0.0172. The van der Waals surface area contributed by atoms with E-state index in [9.17, 15) is 9.50 Å². The minimum atomic E-state index is -0.431. The van der Waals surface area contributed by atoms with Crippen molar-refractivity contribution in [3.05, 3.63) is 29.6 Å². The third kappa shape index (κ3) is 4.42. The molecule has 0 spiro atoms. The Bertz CT molecular complexity index is 452. The summed E-state index contributed by atoms with van der Waals surface area (Å²) >= 11 is 0. The molecule has 3 atom stereocenters. The van der Waals surface area contributed by atoms with Crippen LogP contribution in [0.4, 0.5) is 4.39 Å². The maximum Gasteiger partial charge on any atom is 0.124 e. The molecule has 2 N–H and O–H groups in total. The second-order valence-electron chi connectivity index (χ2n) is 5.82. The number of benzene rings is 1. The molecule has 0 aromatic heterocycles. The van der Waals surface area contributed by atoms with Gasteiger partial charge in [0.2, 0.25) is 0 Å². The summed E-state index contributed by atoms with van der Waals surface area (Å²) in [6.45, 7) is 4.82. The molecule has 118 valence electrons. The molecule has 1 aliphatic carbocycles. The van der Waals surface area contributed by atoms with E-state index in [1.54, 1.807) is 6.07 Å². The third-order valence-electron chi connectivity index (χ3n) is 4.14. The number of rotatable bonds is 5. The first-order valence-corrected chi connectivity index (χ1v) is 7.99. The second kappa shape index (κ2) is 7.76. The van der Waals surface area contributed by atoms with Crippen molar-refractivity contribution >= 4 is 0 Å². The number of ether oxygens (including phenoxy) is 1. The van der Waals surface area contributed by atoms with Crippen LogP contribution in [0.15, 0.2) is 18.2 Å². The molecule has 2 rings (SSSR count). The van der Waals surface area contributed by atoms with Crippen molar-refractivity contribution in [3.8, 4) is 5.75 Å². The fraction of sp³-hybridized carbons (Fsp3) is 0.647. The lowest BCUT2D eigenvalue weighted by Gasteiger charge is -2.25. The lowest BCUT2D eigenvalue weighted by atomic mass is 10.1. The average molecular weight is 295 g/mol. The molecule has 0 radical (unpaired) electrons. The molecular weight excluding hydrogens is 269 g/mol. The van der Waals surface area contributed by atoms with Gasteiger partial charge in [0.1, 0.15) is 17.7 Å². The molecule has 0 bridgehead atoms. The van der Waals surface area contributed by atoms with Gasteiger partial charge < -0.3 is 15.2 Å². The molecule has 1 aliphatic rings. The smallest absolute Gasteiger partial charge is 0.124 e. The Balaban J connectivity index is 2.17.